The lowest BCUT2D eigenvalue weighted by Gasteiger charge is -2.05. The minimum Gasteiger partial charge on any atom is -0.394 e. The predicted octanol–water partition coefficient (Wildman–Crippen LogP) is 0.367. The van der Waals surface area contributed by atoms with Crippen LogP contribution in [0.5, 0.6) is 0 Å². The highest BCUT2D eigenvalue weighted by atomic mass is 16.3. The molecular weight excluding hydrogens is 154 g/mol. The molecule has 1 atom stereocenters. The molecule has 0 unspecified atom stereocenters. The first kappa shape index (κ1) is 9.16. The fourth-order valence-electron chi connectivity index (χ4n) is 0.971. The van der Waals surface area contributed by atoms with Crippen LogP contribution in [0.4, 0.5) is 0 Å². The van der Waals surface area contributed by atoms with Gasteiger partial charge in [0.15, 0.2) is 0 Å². The highest BCUT2D eigenvalue weighted by Crippen LogP contribution is 2.02. The van der Waals surface area contributed by atoms with E-state index in [4.69, 9.17) is 10.2 Å². The van der Waals surface area contributed by atoms with Gasteiger partial charge in [-0.25, -0.2) is 0 Å². The molecule has 3 nitrogen and oxygen atoms in total. The van der Waals surface area contributed by atoms with Gasteiger partial charge in [-0.05, 0) is 24.5 Å². The minimum absolute atomic E-state index is 0.166. The Kier molecular flexibility index (Phi) is 3.70. The van der Waals surface area contributed by atoms with E-state index < -0.39 is 6.10 Å². The predicted molar refractivity (Wildman–Crippen MR) is 45.7 cm³/mol. The third-order valence-corrected chi connectivity index (χ3v) is 1.70. The highest BCUT2D eigenvalue weighted by Gasteiger charge is 2.01. The maximum absolute atomic E-state index is 9.05. The number of pyridine rings is 1. The standard InChI is InChI=1S/C9H13NO2/c11-7-9(12)4-3-8-2-1-5-10-6-8/h1-2,5-6,9,11-12H,3-4,7H2/t9-/m1/s1. The smallest absolute Gasteiger partial charge is 0.0774 e. The van der Waals surface area contributed by atoms with Crippen LogP contribution in [-0.2, 0) is 6.42 Å². The summed E-state index contributed by atoms with van der Waals surface area (Å²) in [6.07, 6.45) is 4.22. The van der Waals surface area contributed by atoms with Crippen molar-refractivity contribution in [2.45, 2.75) is 18.9 Å². The molecule has 0 radical (unpaired) electrons. The van der Waals surface area contributed by atoms with E-state index in [9.17, 15) is 0 Å². The van der Waals surface area contributed by atoms with Crippen LogP contribution < -0.4 is 0 Å². The van der Waals surface area contributed by atoms with Crippen molar-refractivity contribution in [3.63, 3.8) is 0 Å². The molecule has 1 rings (SSSR count). The zero-order valence-corrected chi connectivity index (χ0v) is 6.85. The van der Waals surface area contributed by atoms with Crippen molar-refractivity contribution in [1.29, 1.82) is 0 Å². The fourth-order valence-corrected chi connectivity index (χ4v) is 0.971. The Labute approximate surface area is 71.7 Å². The maximum atomic E-state index is 9.05. The van der Waals surface area contributed by atoms with Gasteiger partial charge in [0.05, 0.1) is 12.7 Å². The summed E-state index contributed by atoms with van der Waals surface area (Å²) in [6.45, 7) is -0.166. The lowest BCUT2D eigenvalue weighted by Crippen LogP contribution is -2.12. The summed E-state index contributed by atoms with van der Waals surface area (Å²) in [5.74, 6) is 0. The Morgan fingerprint density at radius 1 is 1.50 bits per heavy atom. The Bertz CT molecular complexity index is 213. The molecule has 0 amide bonds. The molecule has 0 saturated heterocycles. The molecule has 0 aliphatic heterocycles. The van der Waals surface area contributed by atoms with E-state index >= 15 is 0 Å². The molecule has 0 fully saturated rings. The van der Waals surface area contributed by atoms with Crippen LogP contribution in [0, 0.1) is 0 Å². The normalized spacial score (nSPS) is 12.8. The number of rotatable bonds is 4. The molecule has 0 aliphatic rings. The first-order chi connectivity index (χ1) is 5.83. The van der Waals surface area contributed by atoms with E-state index in [2.05, 4.69) is 4.98 Å². The summed E-state index contributed by atoms with van der Waals surface area (Å²) in [7, 11) is 0. The van der Waals surface area contributed by atoms with Crippen LogP contribution in [0.2, 0.25) is 0 Å². The summed E-state index contributed by atoms with van der Waals surface area (Å²) < 4.78 is 0. The number of nitrogens with zero attached hydrogens (tertiary/aromatic N) is 1. The quantitative estimate of drug-likeness (QED) is 0.681. The number of hydrogen-bond acceptors (Lipinski definition) is 3. The van der Waals surface area contributed by atoms with Gasteiger partial charge in [0.1, 0.15) is 0 Å². The summed E-state index contributed by atoms with van der Waals surface area (Å²) in [6, 6.07) is 3.82. The molecule has 0 aromatic carbocycles. The summed E-state index contributed by atoms with van der Waals surface area (Å²) >= 11 is 0. The van der Waals surface area contributed by atoms with Crippen molar-refractivity contribution >= 4 is 0 Å². The molecule has 1 aromatic rings. The third kappa shape index (κ3) is 2.98. The van der Waals surface area contributed by atoms with Gasteiger partial charge < -0.3 is 10.2 Å². The molecule has 66 valence electrons. The zero-order chi connectivity index (χ0) is 8.81. The van der Waals surface area contributed by atoms with Gasteiger partial charge in [-0.3, -0.25) is 4.98 Å². The summed E-state index contributed by atoms with van der Waals surface area (Å²) in [5.41, 5.74) is 1.09. The number of hydrogen-bond donors (Lipinski definition) is 2. The van der Waals surface area contributed by atoms with Crippen LogP contribution in [-0.4, -0.2) is 27.9 Å². The molecular formula is C9H13NO2. The van der Waals surface area contributed by atoms with Crippen LogP contribution in [0.1, 0.15) is 12.0 Å². The Morgan fingerprint density at radius 3 is 2.92 bits per heavy atom. The molecule has 1 aromatic heterocycles. The Morgan fingerprint density at radius 2 is 2.33 bits per heavy atom. The van der Waals surface area contributed by atoms with Crippen molar-refractivity contribution < 1.29 is 10.2 Å². The largest absolute Gasteiger partial charge is 0.394 e. The van der Waals surface area contributed by atoms with Gasteiger partial charge in [0.2, 0.25) is 0 Å². The second kappa shape index (κ2) is 4.85. The van der Waals surface area contributed by atoms with E-state index in [1.54, 1.807) is 12.4 Å². The molecule has 3 heteroatoms. The van der Waals surface area contributed by atoms with E-state index in [0.717, 1.165) is 12.0 Å². The average molecular weight is 167 g/mol. The van der Waals surface area contributed by atoms with E-state index in [1.807, 2.05) is 12.1 Å². The van der Waals surface area contributed by atoms with E-state index in [-0.39, 0.29) is 6.61 Å². The number of aliphatic hydroxyl groups is 2. The monoisotopic (exact) mass is 167 g/mol. The van der Waals surface area contributed by atoms with Gasteiger partial charge in [-0.1, -0.05) is 6.07 Å². The lowest BCUT2D eigenvalue weighted by molar-refractivity contribution is 0.0885. The van der Waals surface area contributed by atoms with Crippen LogP contribution in [0.15, 0.2) is 24.5 Å². The Hall–Kier alpha value is -0.930. The topological polar surface area (TPSA) is 53.4 Å². The summed E-state index contributed by atoms with van der Waals surface area (Å²) in [5, 5.41) is 17.6. The fraction of sp³-hybridized carbons (Fsp3) is 0.444. The first-order valence-electron chi connectivity index (χ1n) is 4.00. The minimum atomic E-state index is -0.606. The SMILES string of the molecule is OC[C@H](O)CCc1cccnc1. The molecule has 0 bridgehead atoms. The van der Waals surface area contributed by atoms with Gasteiger partial charge >= 0.3 is 0 Å². The number of aliphatic hydroxyl groups excluding tert-OH is 2. The van der Waals surface area contributed by atoms with Crippen molar-refractivity contribution in [2.75, 3.05) is 6.61 Å². The second-order valence-corrected chi connectivity index (χ2v) is 2.74. The van der Waals surface area contributed by atoms with Gasteiger partial charge in [0, 0.05) is 12.4 Å². The molecule has 0 saturated carbocycles. The molecule has 1 heterocycles. The molecule has 12 heavy (non-hydrogen) atoms. The van der Waals surface area contributed by atoms with Crippen LogP contribution >= 0.6 is 0 Å². The van der Waals surface area contributed by atoms with Crippen molar-refractivity contribution in [1.82, 2.24) is 4.98 Å². The lowest BCUT2D eigenvalue weighted by atomic mass is 10.1. The van der Waals surface area contributed by atoms with Crippen molar-refractivity contribution in [3.05, 3.63) is 30.1 Å². The molecule has 0 aliphatic carbocycles. The average Bonchev–Trinajstić information content (AvgIpc) is 2.16. The number of aromatic nitrogens is 1. The highest BCUT2D eigenvalue weighted by molar-refractivity contribution is 5.08. The van der Waals surface area contributed by atoms with Crippen LogP contribution in [0.25, 0.3) is 0 Å². The zero-order valence-electron chi connectivity index (χ0n) is 6.85. The second-order valence-electron chi connectivity index (χ2n) is 2.74. The van der Waals surface area contributed by atoms with Crippen molar-refractivity contribution in [2.24, 2.45) is 0 Å². The van der Waals surface area contributed by atoms with Gasteiger partial charge in [-0.15, -0.1) is 0 Å². The number of aryl methyl sites for hydroxylation is 1. The maximum Gasteiger partial charge on any atom is 0.0774 e. The van der Waals surface area contributed by atoms with E-state index in [0.29, 0.717) is 6.42 Å². The summed E-state index contributed by atoms with van der Waals surface area (Å²) in [4.78, 5) is 3.94. The first-order valence-corrected chi connectivity index (χ1v) is 4.00. The van der Waals surface area contributed by atoms with E-state index in [1.165, 1.54) is 0 Å². The van der Waals surface area contributed by atoms with Crippen LogP contribution in [0.3, 0.4) is 0 Å². The Balaban J connectivity index is 2.33. The van der Waals surface area contributed by atoms with Gasteiger partial charge in [-0.2, -0.15) is 0 Å². The van der Waals surface area contributed by atoms with Gasteiger partial charge in [0.25, 0.3) is 0 Å². The third-order valence-electron chi connectivity index (χ3n) is 1.70. The molecule has 0 spiro atoms. The van der Waals surface area contributed by atoms with Crippen molar-refractivity contribution in [3.8, 4) is 0 Å². The molecule has 2 N–H and O–H groups in total.